The molecule has 2 N–H and O–H groups in total. The number of ether oxygens (including phenoxy) is 1. The van der Waals surface area contributed by atoms with Gasteiger partial charge in [0.2, 0.25) is 10.0 Å². The number of nitrogens with zero attached hydrogens (tertiary/aromatic N) is 3. The first-order valence-corrected chi connectivity index (χ1v) is 15.5. The van der Waals surface area contributed by atoms with Crippen molar-refractivity contribution in [1.29, 1.82) is 0 Å². The molecule has 0 amide bonds. The van der Waals surface area contributed by atoms with Gasteiger partial charge in [0, 0.05) is 34.6 Å². The summed E-state index contributed by atoms with van der Waals surface area (Å²) in [5.41, 5.74) is 5.65. The lowest BCUT2D eigenvalue weighted by molar-refractivity contribution is 0.111. The van der Waals surface area contributed by atoms with Crippen LogP contribution in [0.4, 0.5) is 8.78 Å². The molecule has 1 unspecified atom stereocenters. The molecule has 1 aliphatic carbocycles. The first kappa shape index (κ1) is 27.8. The van der Waals surface area contributed by atoms with Crippen LogP contribution in [0.3, 0.4) is 0 Å². The number of hydrogen-bond donors (Lipinski definition) is 1. The molecule has 1 atom stereocenters. The van der Waals surface area contributed by atoms with E-state index >= 15 is 8.78 Å². The molecule has 11 heteroatoms. The molecule has 2 aliphatic rings. The van der Waals surface area contributed by atoms with Gasteiger partial charge < -0.3 is 4.74 Å². The summed E-state index contributed by atoms with van der Waals surface area (Å²) in [4.78, 5) is 16.2. The highest BCUT2D eigenvalue weighted by molar-refractivity contribution is 7.90. The van der Waals surface area contributed by atoms with Gasteiger partial charge in [0.1, 0.15) is 11.5 Å². The molecule has 1 fully saturated rings. The lowest BCUT2D eigenvalue weighted by Gasteiger charge is -2.15. The van der Waals surface area contributed by atoms with Gasteiger partial charge in [-0.2, -0.15) is 9.28 Å². The average Bonchev–Trinajstić information content (AvgIpc) is 3.57. The van der Waals surface area contributed by atoms with E-state index in [0.717, 1.165) is 60.1 Å². The van der Waals surface area contributed by atoms with Crippen molar-refractivity contribution in [2.45, 2.75) is 43.4 Å². The number of rotatable bonds is 10. The monoisotopic (exact) mass is 595 g/mol. The Balaban J connectivity index is 1.50. The Bertz CT molecular complexity index is 1630. The SMILES string of the molecule is CO[S+](N)c1ccc(Cc2c(-c3ccc(F)c(C4=COCCC4)c3)nn(-c3nc(C=O)cs3)c2CC2CC2)cc1F. The molecule has 0 spiro atoms. The van der Waals surface area contributed by atoms with Crippen LogP contribution in [0.5, 0.6) is 0 Å². The highest BCUT2D eigenvalue weighted by Crippen LogP contribution is 2.39. The zero-order chi connectivity index (χ0) is 28.5. The number of aldehydes is 1. The Morgan fingerprint density at radius 1 is 1.22 bits per heavy atom. The summed E-state index contributed by atoms with van der Waals surface area (Å²) in [6, 6.07) is 9.98. The van der Waals surface area contributed by atoms with E-state index in [1.165, 1.54) is 30.6 Å². The Hall–Kier alpha value is -3.38. The molecule has 212 valence electrons. The average molecular weight is 596 g/mol. The van der Waals surface area contributed by atoms with E-state index in [1.807, 2.05) is 12.1 Å². The van der Waals surface area contributed by atoms with Gasteiger partial charge in [-0.15, -0.1) is 16.5 Å². The topological polar surface area (TPSA) is 92.3 Å². The zero-order valence-electron chi connectivity index (χ0n) is 22.4. The third kappa shape index (κ3) is 5.85. The number of aromatic nitrogens is 3. The first-order chi connectivity index (χ1) is 19.9. The van der Waals surface area contributed by atoms with Gasteiger partial charge in [0.05, 0.1) is 31.4 Å². The fourth-order valence-corrected chi connectivity index (χ4v) is 6.46. The number of allylic oxidation sites excluding steroid dienone is 1. The van der Waals surface area contributed by atoms with Gasteiger partial charge in [-0.25, -0.2) is 18.4 Å². The molecule has 3 heterocycles. The molecule has 0 bridgehead atoms. The standard InChI is InChI=1S/C30H29F2N4O3S2/c1-38-41(33)28-9-6-19(12-26(28)32)11-24-27(13-18-4-5-18)36(30-34-22(15-37)17-40-30)35-29(24)20-7-8-25(31)23(14-20)21-3-2-10-39-16-21/h6-9,12,14-18H,2-5,10-11,13,33H2,1H3/q+1. The molecule has 2 aromatic heterocycles. The van der Waals surface area contributed by atoms with Gasteiger partial charge in [0.15, 0.2) is 12.1 Å². The third-order valence-electron chi connectivity index (χ3n) is 7.37. The van der Waals surface area contributed by atoms with Crippen LogP contribution in [-0.2, 0) is 33.1 Å². The van der Waals surface area contributed by atoms with Crippen LogP contribution in [0.25, 0.3) is 22.0 Å². The minimum atomic E-state index is -1.15. The second-order valence-electron chi connectivity index (χ2n) is 10.2. The maximum Gasteiger partial charge on any atom is 0.278 e. The lowest BCUT2D eigenvalue weighted by Crippen LogP contribution is -2.17. The molecule has 0 saturated heterocycles. The highest BCUT2D eigenvalue weighted by atomic mass is 32.2. The van der Waals surface area contributed by atoms with Crippen LogP contribution in [0.1, 0.15) is 58.6 Å². The lowest BCUT2D eigenvalue weighted by atomic mass is 9.94. The van der Waals surface area contributed by atoms with Crippen molar-refractivity contribution in [3.8, 4) is 16.4 Å². The number of nitrogens with two attached hydrogens (primary N) is 1. The zero-order valence-corrected chi connectivity index (χ0v) is 24.1. The minimum absolute atomic E-state index is 0.306. The van der Waals surface area contributed by atoms with E-state index in [2.05, 4.69) is 4.98 Å². The Labute approximate surface area is 243 Å². The molecular weight excluding hydrogens is 566 g/mol. The number of carbonyl (C=O) groups excluding carboxylic acids is 1. The quantitative estimate of drug-likeness (QED) is 0.174. The molecule has 4 aromatic rings. The summed E-state index contributed by atoms with van der Waals surface area (Å²) in [6.45, 7) is 0.617. The predicted molar refractivity (Wildman–Crippen MR) is 156 cm³/mol. The van der Waals surface area contributed by atoms with Gasteiger partial charge in [-0.1, -0.05) is 6.07 Å². The van der Waals surface area contributed by atoms with Crippen LogP contribution in [-0.4, -0.2) is 34.8 Å². The summed E-state index contributed by atoms with van der Waals surface area (Å²) < 4.78 is 42.5. The maximum absolute atomic E-state index is 15.1. The van der Waals surface area contributed by atoms with Gasteiger partial charge >= 0.3 is 0 Å². The Morgan fingerprint density at radius 2 is 2.07 bits per heavy atom. The van der Waals surface area contributed by atoms with Crippen molar-refractivity contribution in [3.05, 3.63) is 87.8 Å². The molecule has 1 aliphatic heterocycles. The van der Waals surface area contributed by atoms with Gasteiger partial charge in [-0.3, -0.25) is 4.79 Å². The van der Waals surface area contributed by atoms with Crippen LogP contribution < -0.4 is 5.14 Å². The van der Waals surface area contributed by atoms with E-state index in [0.29, 0.717) is 52.2 Å². The summed E-state index contributed by atoms with van der Waals surface area (Å²) in [5.74, 6) is -0.249. The first-order valence-electron chi connectivity index (χ1n) is 13.4. The highest BCUT2D eigenvalue weighted by Gasteiger charge is 2.30. The summed E-state index contributed by atoms with van der Waals surface area (Å²) >= 11 is 0.187. The molecular formula is C30H29F2N4O3S2+. The molecule has 0 radical (unpaired) electrons. The van der Waals surface area contributed by atoms with Crippen molar-refractivity contribution < 1.29 is 22.5 Å². The Kier molecular flexibility index (Phi) is 8.03. The largest absolute Gasteiger partial charge is 0.501 e. The fourth-order valence-electron chi connectivity index (χ4n) is 5.09. The van der Waals surface area contributed by atoms with E-state index in [4.69, 9.17) is 19.2 Å². The van der Waals surface area contributed by atoms with Crippen molar-refractivity contribution in [3.63, 3.8) is 0 Å². The fraction of sp³-hybridized carbons (Fsp3) is 0.300. The number of thiazole rings is 1. The van der Waals surface area contributed by atoms with E-state index in [9.17, 15) is 4.79 Å². The van der Waals surface area contributed by atoms with Crippen LogP contribution >= 0.6 is 11.3 Å². The number of benzene rings is 2. The maximum atomic E-state index is 15.1. The second kappa shape index (κ2) is 11.8. The van der Waals surface area contributed by atoms with E-state index in [-0.39, 0.29) is 5.82 Å². The minimum Gasteiger partial charge on any atom is -0.501 e. The molecule has 7 nitrogen and oxygen atoms in total. The van der Waals surface area contributed by atoms with Crippen molar-refractivity contribution in [1.82, 2.24) is 14.8 Å². The summed E-state index contributed by atoms with van der Waals surface area (Å²) in [5, 5.41) is 13.2. The van der Waals surface area contributed by atoms with E-state index < -0.39 is 17.2 Å². The summed E-state index contributed by atoms with van der Waals surface area (Å²) in [6.07, 6.45) is 7.28. The van der Waals surface area contributed by atoms with E-state index in [1.54, 1.807) is 28.5 Å². The van der Waals surface area contributed by atoms with Crippen molar-refractivity contribution >= 4 is 34.6 Å². The second-order valence-corrected chi connectivity index (χ2v) is 12.4. The number of hydrogen-bond acceptors (Lipinski definition) is 7. The van der Waals surface area contributed by atoms with Gasteiger partial charge in [0.25, 0.3) is 11.4 Å². The third-order valence-corrected chi connectivity index (χ3v) is 9.33. The number of carbonyl (C=O) groups is 1. The van der Waals surface area contributed by atoms with Crippen LogP contribution in [0.15, 0.2) is 52.9 Å². The van der Waals surface area contributed by atoms with Crippen molar-refractivity contribution in [2.24, 2.45) is 11.1 Å². The predicted octanol–water partition coefficient (Wildman–Crippen LogP) is 6.19. The van der Waals surface area contributed by atoms with Crippen molar-refractivity contribution in [2.75, 3.05) is 13.7 Å². The Morgan fingerprint density at radius 3 is 2.76 bits per heavy atom. The van der Waals surface area contributed by atoms with Gasteiger partial charge in [-0.05, 0) is 73.4 Å². The molecule has 2 aromatic carbocycles. The number of halogens is 2. The smallest absolute Gasteiger partial charge is 0.278 e. The normalized spacial score (nSPS) is 15.9. The molecule has 6 rings (SSSR count). The molecule has 1 saturated carbocycles. The van der Waals surface area contributed by atoms with Crippen LogP contribution in [0, 0.1) is 17.6 Å². The molecule has 41 heavy (non-hydrogen) atoms. The summed E-state index contributed by atoms with van der Waals surface area (Å²) in [7, 11) is 1.45. The van der Waals surface area contributed by atoms with Crippen LogP contribution in [0.2, 0.25) is 0 Å².